The molecule has 5 nitrogen and oxygen atoms in total. The highest BCUT2D eigenvalue weighted by Crippen LogP contribution is 2.43. The molecule has 0 aromatic heterocycles. The molecule has 1 N–H and O–H groups in total. The van der Waals surface area contributed by atoms with E-state index in [4.69, 9.17) is 11.6 Å². The van der Waals surface area contributed by atoms with E-state index in [2.05, 4.69) is 17.4 Å². The van der Waals surface area contributed by atoms with Crippen molar-refractivity contribution in [1.82, 2.24) is 9.62 Å². The van der Waals surface area contributed by atoms with Gasteiger partial charge in [-0.1, -0.05) is 48.4 Å². The smallest absolute Gasteiger partial charge is 0.243 e. The van der Waals surface area contributed by atoms with Crippen LogP contribution in [0.15, 0.2) is 53.4 Å². The summed E-state index contributed by atoms with van der Waals surface area (Å²) in [6, 6.07) is 13.7. The first kappa shape index (κ1) is 22.2. The van der Waals surface area contributed by atoms with Gasteiger partial charge in [-0.2, -0.15) is 4.31 Å². The van der Waals surface area contributed by atoms with Gasteiger partial charge in [-0.25, -0.2) is 12.8 Å². The summed E-state index contributed by atoms with van der Waals surface area (Å²) in [7, 11) is -3.77. The van der Waals surface area contributed by atoms with Crippen LogP contribution in [0, 0.1) is 11.7 Å². The average molecular weight is 465 g/mol. The summed E-state index contributed by atoms with van der Waals surface area (Å²) in [5.41, 5.74) is 1.28. The number of carbonyl (C=O) groups excluding carboxylic acids is 1. The largest absolute Gasteiger partial charge is 0.355 e. The van der Waals surface area contributed by atoms with Gasteiger partial charge in [0.25, 0.3) is 0 Å². The molecular formula is C23H26ClFN2O3S. The SMILES string of the molecule is O=C(NCC1(c2ccccc2)CCC1)C1CCN(S(=O)(=O)c2ccc(F)c(Cl)c2)CC1. The minimum atomic E-state index is -3.77. The lowest BCUT2D eigenvalue weighted by atomic mass is 9.64. The second-order valence-corrected chi connectivity index (χ2v) is 10.8. The van der Waals surface area contributed by atoms with Crippen LogP contribution < -0.4 is 5.32 Å². The Labute approximate surface area is 187 Å². The first-order valence-corrected chi connectivity index (χ1v) is 12.4. The molecule has 1 aliphatic carbocycles. The summed E-state index contributed by atoms with van der Waals surface area (Å²) in [6.45, 7) is 1.11. The lowest BCUT2D eigenvalue weighted by molar-refractivity contribution is -0.126. The molecule has 1 saturated carbocycles. The standard InChI is InChI=1S/C23H26ClFN2O3S/c24-20-15-19(7-8-21(20)25)31(29,30)27-13-9-17(10-14-27)22(28)26-16-23(11-4-12-23)18-5-2-1-3-6-18/h1-3,5-8,15,17H,4,9-14,16H2,(H,26,28). The summed E-state index contributed by atoms with van der Waals surface area (Å²) < 4.78 is 40.4. The molecule has 0 spiro atoms. The summed E-state index contributed by atoms with van der Waals surface area (Å²) in [4.78, 5) is 12.8. The fourth-order valence-electron chi connectivity index (χ4n) is 4.51. The van der Waals surface area contributed by atoms with E-state index in [1.807, 2.05) is 18.2 Å². The number of carbonyl (C=O) groups is 1. The molecule has 4 rings (SSSR count). The van der Waals surface area contributed by atoms with Gasteiger partial charge < -0.3 is 5.32 Å². The third-order valence-corrected chi connectivity index (χ3v) is 8.84. The maximum Gasteiger partial charge on any atom is 0.243 e. The van der Waals surface area contributed by atoms with Crippen LogP contribution in [0.5, 0.6) is 0 Å². The van der Waals surface area contributed by atoms with Crippen molar-refractivity contribution in [2.75, 3.05) is 19.6 Å². The van der Waals surface area contributed by atoms with Crippen LogP contribution in [-0.2, 0) is 20.2 Å². The fourth-order valence-corrected chi connectivity index (χ4v) is 6.25. The number of nitrogens with zero attached hydrogens (tertiary/aromatic N) is 1. The lowest BCUT2D eigenvalue weighted by Gasteiger charge is -2.43. The molecule has 0 unspecified atom stereocenters. The predicted octanol–water partition coefficient (Wildman–Crippen LogP) is 4.12. The van der Waals surface area contributed by atoms with E-state index in [0.717, 1.165) is 31.4 Å². The number of benzene rings is 2. The first-order valence-electron chi connectivity index (χ1n) is 10.6. The molecule has 2 fully saturated rings. The molecular weight excluding hydrogens is 439 g/mol. The first-order chi connectivity index (χ1) is 14.8. The normalized spacial score (nSPS) is 19.5. The van der Waals surface area contributed by atoms with Crippen molar-refractivity contribution in [2.45, 2.75) is 42.4 Å². The Morgan fingerprint density at radius 2 is 1.81 bits per heavy atom. The highest BCUT2D eigenvalue weighted by Gasteiger charge is 2.39. The van der Waals surface area contributed by atoms with Crippen LogP contribution in [0.25, 0.3) is 0 Å². The molecule has 0 radical (unpaired) electrons. The average Bonchev–Trinajstić information content (AvgIpc) is 2.75. The molecule has 166 valence electrons. The van der Waals surface area contributed by atoms with Crippen molar-refractivity contribution >= 4 is 27.5 Å². The lowest BCUT2D eigenvalue weighted by Crippen LogP contribution is -2.48. The molecule has 1 saturated heterocycles. The highest BCUT2D eigenvalue weighted by molar-refractivity contribution is 7.89. The van der Waals surface area contributed by atoms with Crippen molar-refractivity contribution in [3.8, 4) is 0 Å². The van der Waals surface area contributed by atoms with E-state index in [-0.39, 0.29) is 40.2 Å². The number of hydrogen-bond acceptors (Lipinski definition) is 3. The van der Waals surface area contributed by atoms with Gasteiger partial charge in [0.2, 0.25) is 15.9 Å². The Bertz CT molecular complexity index is 1050. The molecule has 2 aromatic carbocycles. The van der Waals surface area contributed by atoms with Crippen molar-refractivity contribution in [3.63, 3.8) is 0 Å². The fraction of sp³-hybridized carbons (Fsp3) is 0.435. The van der Waals surface area contributed by atoms with E-state index >= 15 is 0 Å². The van der Waals surface area contributed by atoms with Crippen LogP contribution in [0.2, 0.25) is 5.02 Å². The third kappa shape index (κ3) is 4.49. The van der Waals surface area contributed by atoms with Crippen LogP contribution in [0.4, 0.5) is 4.39 Å². The van der Waals surface area contributed by atoms with Crippen LogP contribution >= 0.6 is 11.6 Å². The molecule has 31 heavy (non-hydrogen) atoms. The molecule has 1 aliphatic heterocycles. The summed E-state index contributed by atoms with van der Waals surface area (Å²) in [5.74, 6) is -0.879. The van der Waals surface area contributed by atoms with Gasteiger partial charge >= 0.3 is 0 Å². The number of hydrogen-bond donors (Lipinski definition) is 1. The number of nitrogens with one attached hydrogen (secondary N) is 1. The van der Waals surface area contributed by atoms with Crippen molar-refractivity contribution in [2.24, 2.45) is 5.92 Å². The van der Waals surface area contributed by atoms with E-state index in [0.29, 0.717) is 19.4 Å². The van der Waals surface area contributed by atoms with Crippen molar-refractivity contribution in [3.05, 3.63) is 64.9 Å². The van der Waals surface area contributed by atoms with Crippen molar-refractivity contribution < 1.29 is 17.6 Å². The molecule has 1 amide bonds. The Balaban J connectivity index is 1.34. The molecule has 0 atom stereocenters. The third-order valence-electron chi connectivity index (χ3n) is 6.65. The van der Waals surface area contributed by atoms with Crippen LogP contribution in [0.3, 0.4) is 0 Å². The number of rotatable bonds is 6. The molecule has 8 heteroatoms. The monoisotopic (exact) mass is 464 g/mol. The second kappa shape index (κ2) is 8.88. The van der Waals surface area contributed by atoms with Gasteiger partial charge in [0.15, 0.2) is 0 Å². The zero-order chi connectivity index (χ0) is 22.1. The summed E-state index contributed by atoms with van der Waals surface area (Å²) in [5, 5.41) is 2.90. The number of amides is 1. The maximum atomic E-state index is 13.4. The maximum absolute atomic E-state index is 13.4. The van der Waals surface area contributed by atoms with E-state index < -0.39 is 15.8 Å². The Kier molecular flexibility index (Phi) is 6.37. The second-order valence-electron chi connectivity index (χ2n) is 8.47. The minimum Gasteiger partial charge on any atom is -0.355 e. The topological polar surface area (TPSA) is 66.5 Å². The van der Waals surface area contributed by atoms with E-state index in [9.17, 15) is 17.6 Å². The van der Waals surface area contributed by atoms with E-state index in [1.54, 1.807) is 0 Å². The highest BCUT2D eigenvalue weighted by atomic mass is 35.5. The zero-order valence-electron chi connectivity index (χ0n) is 17.2. The van der Waals surface area contributed by atoms with Gasteiger partial charge in [-0.3, -0.25) is 4.79 Å². The Morgan fingerprint density at radius 1 is 1.13 bits per heavy atom. The molecule has 0 bridgehead atoms. The Morgan fingerprint density at radius 3 is 2.39 bits per heavy atom. The predicted molar refractivity (Wildman–Crippen MR) is 118 cm³/mol. The van der Waals surface area contributed by atoms with Crippen LogP contribution in [0.1, 0.15) is 37.7 Å². The van der Waals surface area contributed by atoms with Gasteiger partial charge in [-0.05, 0) is 49.4 Å². The van der Waals surface area contributed by atoms with Gasteiger partial charge in [0, 0.05) is 31.0 Å². The Hall–Kier alpha value is -1.96. The van der Waals surface area contributed by atoms with Gasteiger partial charge in [-0.15, -0.1) is 0 Å². The quantitative estimate of drug-likeness (QED) is 0.699. The molecule has 1 heterocycles. The number of halogens is 2. The number of piperidine rings is 1. The zero-order valence-corrected chi connectivity index (χ0v) is 18.8. The van der Waals surface area contributed by atoms with Gasteiger partial charge in [0.05, 0.1) is 9.92 Å². The van der Waals surface area contributed by atoms with Gasteiger partial charge in [0.1, 0.15) is 5.82 Å². The van der Waals surface area contributed by atoms with Crippen molar-refractivity contribution in [1.29, 1.82) is 0 Å². The molecule has 2 aromatic rings. The van der Waals surface area contributed by atoms with E-state index in [1.165, 1.54) is 15.9 Å². The minimum absolute atomic E-state index is 0.0101. The molecule has 2 aliphatic rings. The van der Waals surface area contributed by atoms with Crippen LogP contribution in [-0.4, -0.2) is 38.3 Å². The summed E-state index contributed by atoms with van der Waals surface area (Å²) >= 11 is 5.75. The number of sulfonamides is 1. The summed E-state index contributed by atoms with van der Waals surface area (Å²) in [6.07, 6.45) is 4.20.